The van der Waals surface area contributed by atoms with Gasteiger partial charge in [-0.3, -0.25) is 9.59 Å². The average molecular weight is 233 g/mol. The standard InChI is InChI=1S/C9H15NO6/c1-16-5-4-7(11)10-6(9(14)15)2-3-8(12)13/h6H,2-5H2,1H3,(H,10,11)(H,12,13)(H,14,15). The summed E-state index contributed by atoms with van der Waals surface area (Å²) in [6.45, 7) is 0.192. The van der Waals surface area contributed by atoms with Gasteiger partial charge in [-0.15, -0.1) is 0 Å². The predicted molar refractivity (Wildman–Crippen MR) is 52.9 cm³/mol. The minimum atomic E-state index is -1.24. The molecule has 0 saturated heterocycles. The van der Waals surface area contributed by atoms with Crippen molar-refractivity contribution in [1.29, 1.82) is 0 Å². The number of carbonyl (C=O) groups excluding carboxylic acids is 1. The first kappa shape index (κ1) is 14.4. The fraction of sp³-hybridized carbons (Fsp3) is 0.667. The van der Waals surface area contributed by atoms with Gasteiger partial charge in [0.1, 0.15) is 6.04 Å². The van der Waals surface area contributed by atoms with Crippen LogP contribution in [0, 0.1) is 0 Å². The van der Waals surface area contributed by atoms with Crippen molar-refractivity contribution in [2.75, 3.05) is 13.7 Å². The highest BCUT2D eigenvalue weighted by molar-refractivity contribution is 5.83. The van der Waals surface area contributed by atoms with E-state index >= 15 is 0 Å². The van der Waals surface area contributed by atoms with Gasteiger partial charge in [-0.1, -0.05) is 0 Å². The molecule has 7 nitrogen and oxygen atoms in total. The summed E-state index contributed by atoms with van der Waals surface area (Å²) >= 11 is 0. The molecule has 0 rings (SSSR count). The molecular formula is C9H15NO6. The van der Waals surface area contributed by atoms with Crippen LogP contribution in [0.25, 0.3) is 0 Å². The number of carboxylic acid groups (broad SMARTS) is 2. The van der Waals surface area contributed by atoms with Gasteiger partial charge in [-0.25, -0.2) is 4.79 Å². The van der Waals surface area contributed by atoms with Crippen molar-refractivity contribution in [3.8, 4) is 0 Å². The molecule has 0 heterocycles. The summed E-state index contributed by atoms with van der Waals surface area (Å²) in [5, 5.41) is 19.3. The Morgan fingerprint density at radius 1 is 1.25 bits per heavy atom. The number of carboxylic acids is 2. The van der Waals surface area contributed by atoms with Crippen molar-refractivity contribution in [2.24, 2.45) is 0 Å². The number of aliphatic carboxylic acids is 2. The number of nitrogens with one attached hydrogen (secondary N) is 1. The minimum absolute atomic E-state index is 0.0490. The highest BCUT2D eigenvalue weighted by Gasteiger charge is 2.20. The van der Waals surface area contributed by atoms with Crippen LogP contribution >= 0.6 is 0 Å². The van der Waals surface area contributed by atoms with Crippen LogP contribution in [0.2, 0.25) is 0 Å². The second-order valence-corrected chi connectivity index (χ2v) is 3.13. The minimum Gasteiger partial charge on any atom is -0.481 e. The number of hydrogen-bond donors (Lipinski definition) is 3. The maximum Gasteiger partial charge on any atom is 0.326 e. The maximum absolute atomic E-state index is 11.2. The van der Waals surface area contributed by atoms with Crippen LogP contribution in [0.15, 0.2) is 0 Å². The lowest BCUT2D eigenvalue weighted by molar-refractivity contribution is -0.143. The van der Waals surface area contributed by atoms with Crippen LogP contribution < -0.4 is 5.32 Å². The van der Waals surface area contributed by atoms with E-state index < -0.39 is 23.9 Å². The average Bonchev–Trinajstić information content (AvgIpc) is 2.20. The molecule has 0 aromatic carbocycles. The molecule has 1 atom stereocenters. The molecule has 3 N–H and O–H groups in total. The molecule has 16 heavy (non-hydrogen) atoms. The van der Waals surface area contributed by atoms with Crippen LogP contribution in [0.1, 0.15) is 19.3 Å². The van der Waals surface area contributed by atoms with E-state index in [1.807, 2.05) is 0 Å². The molecule has 0 aromatic rings. The van der Waals surface area contributed by atoms with Crippen LogP contribution in [0.5, 0.6) is 0 Å². The first-order chi connectivity index (χ1) is 7.47. The molecule has 0 aliphatic carbocycles. The zero-order valence-corrected chi connectivity index (χ0v) is 8.93. The van der Waals surface area contributed by atoms with Crippen molar-refractivity contribution in [3.63, 3.8) is 0 Å². The summed E-state index contributed by atoms with van der Waals surface area (Å²) in [6.07, 6.45) is -0.391. The molecule has 0 aromatic heterocycles. The van der Waals surface area contributed by atoms with Gasteiger partial charge in [0.2, 0.25) is 5.91 Å². The van der Waals surface area contributed by atoms with Gasteiger partial charge in [0.05, 0.1) is 6.61 Å². The summed E-state index contributed by atoms with van der Waals surface area (Å²) in [5.41, 5.74) is 0. The predicted octanol–water partition coefficient (Wildman–Crippen LogP) is -0.543. The normalized spacial score (nSPS) is 11.8. The van der Waals surface area contributed by atoms with Crippen LogP contribution in [0.3, 0.4) is 0 Å². The number of hydrogen-bond acceptors (Lipinski definition) is 4. The van der Waals surface area contributed by atoms with E-state index in [1.165, 1.54) is 7.11 Å². The Labute approximate surface area is 92.4 Å². The SMILES string of the molecule is COCCC(=O)NC(CCC(=O)O)C(=O)O. The molecule has 0 bridgehead atoms. The molecular weight excluding hydrogens is 218 g/mol. The summed E-state index contributed by atoms with van der Waals surface area (Å²) in [5.74, 6) is -2.82. The van der Waals surface area contributed by atoms with Crippen LogP contribution in [0.4, 0.5) is 0 Å². The number of methoxy groups -OCH3 is 1. The van der Waals surface area contributed by atoms with Crippen LogP contribution in [-0.4, -0.2) is 47.8 Å². The topological polar surface area (TPSA) is 113 Å². The smallest absolute Gasteiger partial charge is 0.326 e. The summed E-state index contributed by atoms with van der Waals surface area (Å²) in [6, 6.07) is -1.17. The third kappa shape index (κ3) is 6.77. The van der Waals surface area contributed by atoms with Crippen molar-refractivity contribution in [2.45, 2.75) is 25.3 Å². The zero-order valence-electron chi connectivity index (χ0n) is 8.93. The zero-order chi connectivity index (χ0) is 12.6. The molecule has 0 radical (unpaired) electrons. The molecule has 0 fully saturated rings. The summed E-state index contributed by atoms with van der Waals surface area (Å²) in [4.78, 5) is 32.1. The molecule has 0 spiro atoms. The first-order valence-electron chi connectivity index (χ1n) is 4.70. The van der Waals surface area contributed by atoms with Gasteiger partial charge >= 0.3 is 11.9 Å². The summed E-state index contributed by atoms with van der Waals surface area (Å²) in [7, 11) is 1.42. The van der Waals surface area contributed by atoms with Crippen LogP contribution in [-0.2, 0) is 19.1 Å². The molecule has 0 saturated carbocycles. The molecule has 92 valence electrons. The third-order valence-electron chi connectivity index (χ3n) is 1.81. The Kier molecular flexibility index (Phi) is 6.86. The van der Waals surface area contributed by atoms with Gasteiger partial charge in [0, 0.05) is 20.0 Å². The van der Waals surface area contributed by atoms with Crippen molar-refractivity contribution < 1.29 is 29.3 Å². The lowest BCUT2D eigenvalue weighted by atomic mass is 10.1. The lowest BCUT2D eigenvalue weighted by Gasteiger charge is -2.13. The first-order valence-corrected chi connectivity index (χ1v) is 4.70. The lowest BCUT2D eigenvalue weighted by Crippen LogP contribution is -2.41. The summed E-state index contributed by atoms with van der Waals surface area (Å²) < 4.78 is 4.65. The van der Waals surface area contributed by atoms with E-state index in [2.05, 4.69) is 10.1 Å². The Morgan fingerprint density at radius 3 is 2.31 bits per heavy atom. The quantitative estimate of drug-likeness (QED) is 0.518. The molecule has 1 unspecified atom stereocenters. The fourth-order valence-corrected chi connectivity index (χ4v) is 0.986. The van der Waals surface area contributed by atoms with Crippen molar-refractivity contribution >= 4 is 17.8 Å². The third-order valence-corrected chi connectivity index (χ3v) is 1.81. The highest BCUT2D eigenvalue weighted by Crippen LogP contribution is 1.98. The van der Waals surface area contributed by atoms with E-state index in [-0.39, 0.29) is 25.9 Å². The van der Waals surface area contributed by atoms with E-state index in [0.29, 0.717) is 0 Å². The van der Waals surface area contributed by atoms with E-state index in [9.17, 15) is 14.4 Å². The number of ether oxygens (including phenoxy) is 1. The van der Waals surface area contributed by atoms with Gasteiger partial charge in [-0.2, -0.15) is 0 Å². The number of carbonyl (C=O) groups is 3. The largest absolute Gasteiger partial charge is 0.481 e. The molecule has 0 aliphatic rings. The number of amides is 1. The van der Waals surface area contributed by atoms with Crippen molar-refractivity contribution in [1.82, 2.24) is 5.32 Å². The Hall–Kier alpha value is -1.63. The van der Waals surface area contributed by atoms with Crippen molar-refractivity contribution in [3.05, 3.63) is 0 Å². The van der Waals surface area contributed by atoms with E-state index in [1.54, 1.807) is 0 Å². The molecule has 1 amide bonds. The second kappa shape index (κ2) is 7.63. The van der Waals surface area contributed by atoms with E-state index in [0.717, 1.165) is 0 Å². The van der Waals surface area contributed by atoms with Gasteiger partial charge in [-0.05, 0) is 6.42 Å². The van der Waals surface area contributed by atoms with Gasteiger partial charge < -0.3 is 20.3 Å². The maximum atomic E-state index is 11.2. The Morgan fingerprint density at radius 2 is 1.88 bits per heavy atom. The van der Waals surface area contributed by atoms with E-state index in [4.69, 9.17) is 10.2 Å². The number of rotatable bonds is 8. The molecule has 0 aliphatic heterocycles. The van der Waals surface area contributed by atoms with Gasteiger partial charge in [0.15, 0.2) is 0 Å². The monoisotopic (exact) mass is 233 g/mol. The fourth-order valence-electron chi connectivity index (χ4n) is 0.986. The highest BCUT2D eigenvalue weighted by atomic mass is 16.5. The second-order valence-electron chi connectivity index (χ2n) is 3.13. The van der Waals surface area contributed by atoms with Gasteiger partial charge in [0.25, 0.3) is 0 Å². The Balaban J connectivity index is 4.07. The Bertz CT molecular complexity index is 265. The molecule has 7 heteroatoms.